The topological polar surface area (TPSA) is 72.2 Å². The van der Waals surface area contributed by atoms with Crippen molar-refractivity contribution >= 4 is 10.0 Å². The fraction of sp³-hybridized carbons (Fsp3) is 0.500. The monoisotopic (exact) mass is 254 g/mol. The molecule has 0 radical (unpaired) electrons. The third kappa shape index (κ3) is 2.68. The highest BCUT2D eigenvalue weighted by atomic mass is 32.2. The van der Waals surface area contributed by atoms with Gasteiger partial charge in [-0.15, -0.1) is 0 Å². The molecule has 0 amide bonds. The van der Waals surface area contributed by atoms with Crippen LogP contribution in [0.2, 0.25) is 0 Å². The van der Waals surface area contributed by atoms with Crippen molar-refractivity contribution in [3.8, 4) is 0 Å². The molecule has 2 rings (SSSR count). The predicted molar refractivity (Wildman–Crippen MR) is 68.2 cm³/mol. The van der Waals surface area contributed by atoms with E-state index in [0.29, 0.717) is 0 Å². The molecule has 1 aliphatic carbocycles. The van der Waals surface area contributed by atoms with Crippen molar-refractivity contribution in [2.45, 2.75) is 31.1 Å². The lowest BCUT2D eigenvalue weighted by Gasteiger charge is -2.16. The summed E-state index contributed by atoms with van der Waals surface area (Å²) >= 11 is 0. The number of hydrogen-bond acceptors (Lipinski definition) is 3. The average Bonchev–Trinajstić information content (AvgIpc) is 2.68. The van der Waals surface area contributed by atoms with E-state index in [1.165, 1.54) is 11.1 Å². The standard InChI is InChI=1S/C12H18N2O2S/c1-9(8-13)17(15,16)14-12-6-10-4-2-3-5-11(10)7-12/h2-5,9,12,14H,6-8,13H2,1H3. The van der Waals surface area contributed by atoms with Crippen molar-refractivity contribution in [1.29, 1.82) is 0 Å². The number of hydrogen-bond donors (Lipinski definition) is 2. The van der Waals surface area contributed by atoms with Crippen LogP contribution in [0.3, 0.4) is 0 Å². The summed E-state index contributed by atoms with van der Waals surface area (Å²) in [5.74, 6) is 0. The van der Waals surface area contributed by atoms with Crippen LogP contribution in [-0.4, -0.2) is 26.3 Å². The Labute approximate surface area is 102 Å². The SMILES string of the molecule is CC(CN)S(=O)(=O)NC1Cc2ccccc2C1. The van der Waals surface area contributed by atoms with Crippen molar-refractivity contribution in [3.05, 3.63) is 35.4 Å². The first-order valence-corrected chi connectivity index (χ1v) is 7.35. The first-order chi connectivity index (χ1) is 8.03. The summed E-state index contributed by atoms with van der Waals surface area (Å²) in [7, 11) is -3.29. The largest absolute Gasteiger partial charge is 0.329 e. The maximum Gasteiger partial charge on any atom is 0.215 e. The lowest BCUT2D eigenvalue weighted by Crippen LogP contribution is -2.43. The van der Waals surface area contributed by atoms with Gasteiger partial charge in [-0.2, -0.15) is 0 Å². The second-order valence-electron chi connectivity index (χ2n) is 4.58. The molecule has 0 heterocycles. The number of fused-ring (bicyclic) bond motifs is 1. The molecule has 1 atom stereocenters. The second-order valence-corrected chi connectivity index (χ2v) is 6.71. The first-order valence-electron chi connectivity index (χ1n) is 5.81. The van der Waals surface area contributed by atoms with Crippen LogP contribution in [0.15, 0.2) is 24.3 Å². The van der Waals surface area contributed by atoms with Crippen LogP contribution in [0, 0.1) is 0 Å². The average molecular weight is 254 g/mol. The van der Waals surface area contributed by atoms with Gasteiger partial charge in [-0.3, -0.25) is 0 Å². The van der Waals surface area contributed by atoms with Crippen molar-refractivity contribution < 1.29 is 8.42 Å². The van der Waals surface area contributed by atoms with Crippen LogP contribution in [0.25, 0.3) is 0 Å². The summed E-state index contributed by atoms with van der Waals surface area (Å²) in [6, 6.07) is 8.05. The molecule has 3 N–H and O–H groups in total. The van der Waals surface area contributed by atoms with Gasteiger partial charge < -0.3 is 5.73 Å². The fourth-order valence-corrected chi connectivity index (χ4v) is 3.23. The van der Waals surface area contributed by atoms with Gasteiger partial charge in [-0.1, -0.05) is 24.3 Å². The molecule has 0 fully saturated rings. The van der Waals surface area contributed by atoms with Crippen molar-refractivity contribution in [2.75, 3.05) is 6.54 Å². The Kier molecular flexibility index (Phi) is 3.51. The zero-order chi connectivity index (χ0) is 12.5. The highest BCUT2D eigenvalue weighted by molar-refractivity contribution is 7.90. The number of nitrogens with one attached hydrogen (secondary N) is 1. The molecule has 4 nitrogen and oxygen atoms in total. The number of sulfonamides is 1. The Morgan fingerprint density at radius 1 is 1.35 bits per heavy atom. The molecule has 1 aliphatic rings. The molecule has 0 bridgehead atoms. The molecule has 0 saturated heterocycles. The quantitative estimate of drug-likeness (QED) is 0.818. The molecule has 5 heteroatoms. The Bertz CT molecular complexity index is 474. The molecule has 17 heavy (non-hydrogen) atoms. The summed E-state index contributed by atoms with van der Waals surface area (Å²) in [5, 5.41) is -0.536. The molecule has 94 valence electrons. The zero-order valence-corrected chi connectivity index (χ0v) is 10.7. The molecule has 0 saturated carbocycles. The van der Waals surface area contributed by atoms with Gasteiger partial charge in [-0.05, 0) is 30.9 Å². The highest BCUT2D eigenvalue weighted by Crippen LogP contribution is 2.22. The van der Waals surface area contributed by atoms with E-state index >= 15 is 0 Å². The highest BCUT2D eigenvalue weighted by Gasteiger charge is 2.27. The normalized spacial score (nSPS) is 18.0. The summed E-state index contributed by atoms with van der Waals surface area (Å²) in [4.78, 5) is 0. The zero-order valence-electron chi connectivity index (χ0n) is 9.89. The third-order valence-electron chi connectivity index (χ3n) is 3.24. The van der Waals surface area contributed by atoms with Gasteiger partial charge in [0, 0.05) is 12.6 Å². The minimum Gasteiger partial charge on any atom is -0.329 e. The van der Waals surface area contributed by atoms with Crippen LogP contribution in [-0.2, 0) is 22.9 Å². The maximum atomic E-state index is 11.9. The van der Waals surface area contributed by atoms with E-state index in [1.54, 1.807) is 6.92 Å². The van der Waals surface area contributed by atoms with E-state index in [0.717, 1.165) is 12.8 Å². The predicted octanol–water partition coefficient (Wildman–Crippen LogP) is 0.420. The lowest BCUT2D eigenvalue weighted by molar-refractivity contribution is 0.544. The van der Waals surface area contributed by atoms with E-state index in [4.69, 9.17) is 5.73 Å². The Hall–Kier alpha value is -0.910. The number of nitrogens with two attached hydrogens (primary N) is 1. The summed E-state index contributed by atoms with van der Waals surface area (Å²) < 4.78 is 26.5. The minimum atomic E-state index is -3.29. The molecule has 0 aliphatic heterocycles. The second kappa shape index (κ2) is 4.76. The molecule has 0 spiro atoms. The van der Waals surface area contributed by atoms with Crippen LogP contribution >= 0.6 is 0 Å². The summed E-state index contributed by atoms with van der Waals surface area (Å²) in [6.45, 7) is 1.78. The van der Waals surface area contributed by atoms with E-state index in [2.05, 4.69) is 16.9 Å². The van der Waals surface area contributed by atoms with Crippen LogP contribution in [0.5, 0.6) is 0 Å². The van der Waals surface area contributed by atoms with Crippen LogP contribution < -0.4 is 10.5 Å². The van der Waals surface area contributed by atoms with E-state index in [-0.39, 0.29) is 12.6 Å². The fourth-order valence-electron chi connectivity index (χ4n) is 2.12. The number of benzene rings is 1. The summed E-state index contributed by atoms with van der Waals surface area (Å²) in [6.07, 6.45) is 1.54. The molecule has 0 aromatic heterocycles. The Morgan fingerprint density at radius 2 is 1.88 bits per heavy atom. The van der Waals surface area contributed by atoms with Crippen molar-refractivity contribution in [3.63, 3.8) is 0 Å². The van der Waals surface area contributed by atoms with E-state index in [1.807, 2.05) is 12.1 Å². The Morgan fingerprint density at radius 3 is 2.35 bits per heavy atom. The molecular formula is C12H18N2O2S. The molecule has 1 unspecified atom stereocenters. The van der Waals surface area contributed by atoms with E-state index in [9.17, 15) is 8.42 Å². The van der Waals surface area contributed by atoms with Gasteiger partial charge in [0.2, 0.25) is 10.0 Å². The van der Waals surface area contributed by atoms with Crippen molar-refractivity contribution in [1.82, 2.24) is 4.72 Å². The molecular weight excluding hydrogens is 236 g/mol. The smallest absolute Gasteiger partial charge is 0.215 e. The third-order valence-corrected chi connectivity index (χ3v) is 5.16. The van der Waals surface area contributed by atoms with Gasteiger partial charge in [0.15, 0.2) is 0 Å². The number of rotatable bonds is 4. The van der Waals surface area contributed by atoms with Gasteiger partial charge >= 0.3 is 0 Å². The lowest BCUT2D eigenvalue weighted by atomic mass is 10.1. The van der Waals surface area contributed by atoms with Crippen LogP contribution in [0.1, 0.15) is 18.1 Å². The van der Waals surface area contributed by atoms with Crippen LogP contribution in [0.4, 0.5) is 0 Å². The van der Waals surface area contributed by atoms with Gasteiger partial charge in [-0.25, -0.2) is 13.1 Å². The van der Waals surface area contributed by atoms with Crippen molar-refractivity contribution in [2.24, 2.45) is 5.73 Å². The molecule has 1 aromatic carbocycles. The first kappa shape index (κ1) is 12.5. The maximum absolute atomic E-state index is 11.9. The Balaban J connectivity index is 2.05. The minimum absolute atomic E-state index is 0.0219. The van der Waals surface area contributed by atoms with Gasteiger partial charge in [0.1, 0.15) is 0 Å². The van der Waals surface area contributed by atoms with Gasteiger partial charge in [0.25, 0.3) is 0 Å². The summed E-state index contributed by atoms with van der Waals surface area (Å²) in [5.41, 5.74) is 7.87. The molecule has 1 aromatic rings. The van der Waals surface area contributed by atoms with E-state index < -0.39 is 15.3 Å². The van der Waals surface area contributed by atoms with Gasteiger partial charge in [0.05, 0.1) is 5.25 Å².